The van der Waals surface area contributed by atoms with Crippen LogP contribution in [0.1, 0.15) is 0 Å². The first-order chi connectivity index (χ1) is 27.1. The molecule has 0 saturated heterocycles. The lowest BCUT2D eigenvalue weighted by Gasteiger charge is -2.26. The first-order valence-electron chi connectivity index (χ1n) is 18.0. The van der Waals surface area contributed by atoms with Crippen molar-refractivity contribution < 1.29 is 4.42 Å². The lowest BCUT2D eigenvalue weighted by Crippen LogP contribution is -2.10. The van der Waals surface area contributed by atoms with Gasteiger partial charge < -0.3 is 9.32 Å². The smallest absolute Gasteiger partial charge is 0.143 e. The van der Waals surface area contributed by atoms with E-state index in [-0.39, 0.29) is 0 Å². The van der Waals surface area contributed by atoms with Crippen molar-refractivity contribution in [2.24, 2.45) is 0 Å². The number of thiazole rings is 2. The number of para-hydroxylation sites is 2. The summed E-state index contributed by atoms with van der Waals surface area (Å²) in [5.74, 6) is 0. The van der Waals surface area contributed by atoms with Crippen LogP contribution in [0.3, 0.4) is 0 Å². The zero-order chi connectivity index (χ0) is 36.5. The molecule has 0 aliphatic rings. The molecule has 7 heteroatoms. The Bertz CT molecular complexity index is 3090. The predicted molar refractivity (Wildman–Crippen MR) is 236 cm³/mol. The zero-order valence-corrected chi connectivity index (χ0v) is 32.3. The van der Waals surface area contributed by atoms with Gasteiger partial charge in [0.05, 0.1) is 20.4 Å². The van der Waals surface area contributed by atoms with Gasteiger partial charge in [-0.25, -0.2) is 9.97 Å². The van der Waals surface area contributed by atoms with Gasteiger partial charge >= 0.3 is 0 Å². The monoisotopic (exact) mass is 805 g/mol. The number of nitrogens with zero attached hydrogens (tertiary/aromatic N) is 3. The van der Waals surface area contributed by atoms with Gasteiger partial charge in [0, 0.05) is 48.8 Å². The van der Waals surface area contributed by atoms with Gasteiger partial charge in [-0.3, -0.25) is 0 Å². The van der Waals surface area contributed by atoms with Crippen LogP contribution < -0.4 is 4.90 Å². The molecule has 0 N–H and O–H groups in total. The summed E-state index contributed by atoms with van der Waals surface area (Å²) < 4.78 is 10.1. The summed E-state index contributed by atoms with van der Waals surface area (Å²) in [5.41, 5.74) is 11.4. The minimum atomic E-state index is 0.875. The van der Waals surface area contributed by atoms with Gasteiger partial charge in [-0.2, -0.15) is 0 Å². The average Bonchev–Trinajstić information content (AvgIpc) is 3.97. The highest BCUT2D eigenvalue weighted by Crippen LogP contribution is 2.44. The summed E-state index contributed by atoms with van der Waals surface area (Å²) in [6.45, 7) is 0. The highest BCUT2D eigenvalue weighted by Gasteiger charge is 2.20. The Kier molecular flexibility index (Phi) is 7.65. The molecule has 0 fully saturated rings. The van der Waals surface area contributed by atoms with Crippen LogP contribution in [0.5, 0.6) is 0 Å². The molecule has 0 aliphatic heterocycles. The van der Waals surface area contributed by atoms with Gasteiger partial charge in [-0.05, 0) is 101 Å². The van der Waals surface area contributed by atoms with Crippen LogP contribution in [0.4, 0.5) is 17.1 Å². The SMILES string of the molecule is Brc1ccccc1-c1cccc2oc3c4ccc(N(c5cccc(-c6nc7ccccc7s6)c5)c5cccc(-c6nc7ccccc7s6)c5)cc4ccc3c12. The maximum absolute atomic E-state index is 6.68. The number of fused-ring (bicyclic) bond motifs is 7. The normalized spacial score (nSPS) is 11.7. The van der Waals surface area contributed by atoms with Crippen molar-refractivity contribution in [3.63, 3.8) is 0 Å². The summed E-state index contributed by atoms with van der Waals surface area (Å²) in [6.07, 6.45) is 0. The van der Waals surface area contributed by atoms with E-state index in [1.165, 1.54) is 9.40 Å². The molecule has 11 aromatic rings. The van der Waals surface area contributed by atoms with E-state index in [9.17, 15) is 0 Å². The molecular formula is C48H28BrN3OS2. The third-order valence-electron chi connectivity index (χ3n) is 10.2. The van der Waals surface area contributed by atoms with Crippen LogP contribution in [0, 0.1) is 0 Å². The Morgan fingerprint density at radius 3 is 1.75 bits per heavy atom. The number of furan rings is 1. The molecular weight excluding hydrogens is 779 g/mol. The van der Waals surface area contributed by atoms with E-state index in [2.05, 4.69) is 172 Å². The van der Waals surface area contributed by atoms with Crippen molar-refractivity contribution in [3.05, 3.63) is 174 Å². The molecule has 0 spiro atoms. The number of anilines is 3. The van der Waals surface area contributed by atoms with Crippen LogP contribution in [-0.4, -0.2) is 9.97 Å². The average molecular weight is 807 g/mol. The number of hydrogen-bond acceptors (Lipinski definition) is 6. The summed E-state index contributed by atoms with van der Waals surface area (Å²) in [5, 5.41) is 6.39. The van der Waals surface area contributed by atoms with Gasteiger partial charge in [0.15, 0.2) is 0 Å². The zero-order valence-electron chi connectivity index (χ0n) is 29.1. The van der Waals surface area contributed by atoms with E-state index >= 15 is 0 Å². The summed E-state index contributed by atoms with van der Waals surface area (Å²) in [7, 11) is 0. The third-order valence-corrected chi connectivity index (χ3v) is 13.0. The molecule has 3 aromatic heterocycles. The number of hydrogen-bond donors (Lipinski definition) is 0. The Morgan fingerprint density at radius 2 is 1.07 bits per heavy atom. The summed E-state index contributed by atoms with van der Waals surface area (Å²) >= 11 is 7.22. The quantitative estimate of drug-likeness (QED) is 0.168. The van der Waals surface area contributed by atoms with Crippen LogP contribution in [0.2, 0.25) is 0 Å². The van der Waals surface area contributed by atoms with E-state index in [1.54, 1.807) is 22.7 Å². The van der Waals surface area contributed by atoms with E-state index < -0.39 is 0 Å². The van der Waals surface area contributed by atoms with Crippen molar-refractivity contribution in [3.8, 4) is 32.3 Å². The van der Waals surface area contributed by atoms with Crippen LogP contribution in [-0.2, 0) is 0 Å². The fourth-order valence-electron chi connectivity index (χ4n) is 7.64. The Labute approximate surface area is 332 Å². The highest BCUT2D eigenvalue weighted by molar-refractivity contribution is 9.10. The molecule has 8 aromatic carbocycles. The largest absolute Gasteiger partial charge is 0.455 e. The van der Waals surface area contributed by atoms with Gasteiger partial charge in [0.2, 0.25) is 0 Å². The topological polar surface area (TPSA) is 42.2 Å². The summed E-state index contributed by atoms with van der Waals surface area (Å²) in [6, 6.07) is 59.8. The second-order valence-electron chi connectivity index (χ2n) is 13.5. The number of rotatable bonds is 6. The Morgan fingerprint density at radius 1 is 0.491 bits per heavy atom. The number of halogens is 1. The van der Waals surface area contributed by atoms with Crippen molar-refractivity contribution in [1.82, 2.24) is 9.97 Å². The maximum atomic E-state index is 6.68. The molecule has 260 valence electrons. The molecule has 0 unspecified atom stereocenters. The molecule has 11 rings (SSSR count). The molecule has 3 heterocycles. The van der Waals surface area contributed by atoms with Crippen LogP contribution in [0.25, 0.3) is 85.4 Å². The molecule has 0 aliphatic carbocycles. The third kappa shape index (κ3) is 5.54. The van der Waals surface area contributed by atoms with E-state index in [0.717, 1.165) is 97.5 Å². The highest BCUT2D eigenvalue weighted by atomic mass is 79.9. The minimum Gasteiger partial charge on any atom is -0.455 e. The Hall–Kier alpha value is -6.12. The lowest BCUT2D eigenvalue weighted by atomic mass is 9.98. The van der Waals surface area contributed by atoms with E-state index in [0.29, 0.717) is 0 Å². The van der Waals surface area contributed by atoms with Crippen LogP contribution >= 0.6 is 38.6 Å². The second kappa shape index (κ2) is 13.0. The van der Waals surface area contributed by atoms with E-state index in [1.807, 2.05) is 18.2 Å². The minimum absolute atomic E-state index is 0.875. The lowest BCUT2D eigenvalue weighted by molar-refractivity contribution is 0.673. The van der Waals surface area contributed by atoms with Crippen molar-refractivity contribution in [2.45, 2.75) is 0 Å². The molecule has 55 heavy (non-hydrogen) atoms. The molecule has 0 radical (unpaired) electrons. The predicted octanol–water partition coefficient (Wildman–Crippen LogP) is 15.2. The summed E-state index contributed by atoms with van der Waals surface area (Å²) in [4.78, 5) is 12.3. The number of aromatic nitrogens is 2. The van der Waals surface area contributed by atoms with Crippen molar-refractivity contribution >= 4 is 109 Å². The maximum Gasteiger partial charge on any atom is 0.143 e. The van der Waals surface area contributed by atoms with Crippen molar-refractivity contribution in [2.75, 3.05) is 4.90 Å². The first-order valence-corrected chi connectivity index (χ1v) is 20.4. The van der Waals surface area contributed by atoms with Crippen LogP contribution in [0.15, 0.2) is 179 Å². The molecule has 0 bridgehead atoms. The molecule has 0 saturated carbocycles. The molecule has 0 atom stereocenters. The standard InChI is InChI=1S/C48H28BrN3OS2/c49-39-16-2-1-14-36(39)37-15-9-19-42-45(37)38-24-22-29-26-34(23-25-35(29)46(38)53-42)52(32-12-7-10-30(27-32)47-50-40-17-3-5-20-43(40)54-47)33-13-8-11-31(28-33)48-51-41-18-4-6-21-44(41)55-48/h1-28H. The second-order valence-corrected chi connectivity index (χ2v) is 16.4. The fraction of sp³-hybridized carbons (Fsp3) is 0. The van der Waals surface area contributed by atoms with Gasteiger partial charge in [0.1, 0.15) is 21.2 Å². The van der Waals surface area contributed by atoms with Gasteiger partial charge in [-0.1, -0.05) is 101 Å². The number of benzene rings is 8. The Balaban J connectivity index is 1.08. The molecule has 4 nitrogen and oxygen atoms in total. The first kappa shape index (κ1) is 32.3. The molecule has 0 amide bonds. The van der Waals surface area contributed by atoms with Gasteiger partial charge in [0.25, 0.3) is 0 Å². The fourth-order valence-corrected chi connectivity index (χ4v) is 10.1. The van der Waals surface area contributed by atoms with Gasteiger partial charge in [-0.15, -0.1) is 22.7 Å². The van der Waals surface area contributed by atoms with Crippen molar-refractivity contribution in [1.29, 1.82) is 0 Å². The van der Waals surface area contributed by atoms with E-state index in [4.69, 9.17) is 14.4 Å².